The number of benzene rings is 1. The maximum Gasteiger partial charge on any atom is 0.251 e. The summed E-state index contributed by atoms with van der Waals surface area (Å²) in [5, 5.41) is 9.64. The third-order valence-corrected chi connectivity index (χ3v) is 5.91. The largest absolute Gasteiger partial charge is 0.350 e. The van der Waals surface area contributed by atoms with Gasteiger partial charge in [0, 0.05) is 35.3 Å². The van der Waals surface area contributed by atoms with Crippen molar-refractivity contribution in [2.75, 3.05) is 11.9 Å². The molecule has 3 fully saturated rings. The van der Waals surface area contributed by atoms with Crippen molar-refractivity contribution in [3.8, 4) is 0 Å². The molecule has 1 saturated carbocycles. The molecule has 1 aromatic carbocycles. The maximum atomic E-state index is 12.5. The van der Waals surface area contributed by atoms with E-state index in [1.54, 1.807) is 12.1 Å². The van der Waals surface area contributed by atoms with Gasteiger partial charge in [0.15, 0.2) is 0 Å². The average Bonchev–Trinajstić information content (AvgIpc) is 3.12. The number of amides is 2. The van der Waals surface area contributed by atoms with Crippen LogP contribution in [0.4, 0.5) is 5.69 Å². The van der Waals surface area contributed by atoms with Crippen LogP contribution in [0.1, 0.15) is 55.3 Å². The van der Waals surface area contributed by atoms with Crippen LogP contribution >= 0.6 is 0 Å². The molecule has 2 heterocycles. The van der Waals surface area contributed by atoms with E-state index in [4.69, 9.17) is 0 Å². The topological polar surface area (TPSA) is 70.2 Å². The minimum Gasteiger partial charge on any atom is -0.350 e. The number of hydrogen-bond donors (Lipinski definition) is 3. The van der Waals surface area contributed by atoms with Gasteiger partial charge in [-0.3, -0.25) is 9.59 Å². The van der Waals surface area contributed by atoms with E-state index < -0.39 is 0 Å². The average molecular weight is 327 g/mol. The standard InChI is InChI=1S/C19H25N3O2/c23-17(20-12-19-9-7-15(22-19)8-10-19)14-5-2-6-16(11-14)21-18(24)13-3-1-4-13/h2,5-6,11,13,15,22H,1,3-4,7-10,12H2,(H,20,23)(H,21,24). The molecule has 2 aliphatic heterocycles. The van der Waals surface area contributed by atoms with Gasteiger partial charge in [-0.15, -0.1) is 0 Å². The Balaban J connectivity index is 1.35. The van der Waals surface area contributed by atoms with Crippen molar-refractivity contribution in [1.82, 2.24) is 10.6 Å². The van der Waals surface area contributed by atoms with Crippen LogP contribution in [0.5, 0.6) is 0 Å². The monoisotopic (exact) mass is 327 g/mol. The molecule has 0 atom stereocenters. The molecule has 0 spiro atoms. The van der Waals surface area contributed by atoms with Crippen LogP contribution in [0.25, 0.3) is 0 Å². The van der Waals surface area contributed by atoms with Crippen LogP contribution in [0.2, 0.25) is 0 Å². The molecule has 0 radical (unpaired) electrons. The van der Waals surface area contributed by atoms with Gasteiger partial charge in [-0.05, 0) is 56.7 Å². The Hall–Kier alpha value is -1.88. The van der Waals surface area contributed by atoms with Crippen LogP contribution < -0.4 is 16.0 Å². The van der Waals surface area contributed by atoms with E-state index in [-0.39, 0.29) is 23.3 Å². The Morgan fingerprint density at radius 3 is 2.58 bits per heavy atom. The lowest BCUT2D eigenvalue weighted by atomic mass is 9.85. The molecule has 0 aromatic heterocycles. The third-order valence-electron chi connectivity index (χ3n) is 5.91. The highest BCUT2D eigenvalue weighted by Gasteiger charge is 2.44. The van der Waals surface area contributed by atoms with Crippen molar-refractivity contribution >= 4 is 17.5 Å². The molecule has 24 heavy (non-hydrogen) atoms. The van der Waals surface area contributed by atoms with E-state index in [0.29, 0.717) is 23.8 Å². The molecule has 2 amide bonds. The van der Waals surface area contributed by atoms with E-state index in [9.17, 15) is 9.59 Å². The zero-order valence-electron chi connectivity index (χ0n) is 13.9. The summed E-state index contributed by atoms with van der Waals surface area (Å²) >= 11 is 0. The van der Waals surface area contributed by atoms with Crippen molar-refractivity contribution in [3.05, 3.63) is 29.8 Å². The smallest absolute Gasteiger partial charge is 0.251 e. The molecule has 5 nitrogen and oxygen atoms in total. The first-order chi connectivity index (χ1) is 11.6. The summed E-state index contributed by atoms with van der Waals surface area (Å²) in [7, 11) is 0. The lowest BCUT2D eigenvalue weighted by Crippen LogP contribution is -2.47. The SMILES string of the molecule is O=C(NCC12CCC(CC1)N2)c1cccc(NC(=O)C2CCC2)c1. The van der Waals surface area contributed by atoms with Gasteiger partial charge >= 0.3 is 0 Å². The highest BCUT2D eigenvalue weighted by Crippen LogP contribution is 2.36. The molecule has 3 aliphatic rings. The first kappa shape index (κ1) is 15.6. The van der Waals surface area contributed by atoms with Crippen LogP contribution in [-0.2, 0) is 4.79 Å². The lowest BCUT2D eigenvalue weighted by molar-refractivity contribution is -0.122. The molecular formula is C19H25N3O2. The fourth-order valence-electron chi connectivity index (χ4n) is 4.12. The number of hydrogen-bond acceptors (Lipinski definition) is 3. The molecule has 0 unspecified atom stereocenters. The Morgan fingerprint density at radius 1 is 1.17 bits per heavy atom. The van der Waals surface area contributed by atoms with Crippen LogP contribution in [-0.4, -0.2) is 29.9 Å². The molecule has 1 aromatic rings. The van der Waals surface area contributed by atoms with Crippen LogP contribution in [0, 0.1) is 5.92 Å². The van der Waals surface area contributed by atoms with Crippen molar-refractivity contribution in [3.63, 3.8) is 0 Å². The number of nitrogens with one attached hydrogen (secondary N) is 3. The van der Waals surface area contributed by atoms with Crippen molar-refractivity contribution in [2.24, 2.45) is 5.92 Å². The van der Waals surface area contributed by atoms with Crippen molar-refractivity contribution < 1.29 is 9.59 Å². The number of rotatable bonds is 5. The molecule has 3 N–H and O–H groups in total. The van der Waals surface area contributed by atoms with Gasteiger partial charge in [-0.2, -0.15) is 0 Å². The van der Waals surface area contributed by atoms with E-state index >= 15 is 0 Å². The normalized spacial score (nSPS) is 28.4. The first-order valence-corrected chi connectivity index (χ1v) is 9.10. The molecule has 1 aliphatic carbocycles. The summed E-state index contributed by atoms with van der Waals surface area (Å²) < 4.78 is 0. The molecule has 5 heteroatoms. The van der Waals surface area contributed by atoms with Gasteiger partial charge in [-0.25, -0.2) is 0 Å². The summed E-state index contributed by atoms with van der Waals surface area (Å²) in [6.45, 7) is 0.682. The number of anilines is 1. The highest BCUT2D eigenvalue weighted by atomic mass is 16.2. The Labute approximate surface area is 142 Å². The Kier molecular flexibility index (Phi) is 4.04. The van der Waals surface area contributed by atoms with Gasteiger partial charge < -0.3 is 16.0 Å². The van der Waals surface area contributed by atoms with Gasteiger partial charge in [0.2, 0.25) is 5.91 Å². The van der Waals surface area contributed by atoms with Gasteiger partial charge in [0.05, 0.1) is 0 Å². The first-order valence-electron chi connectivity index (χ1n) is 9.10. The Morgan fingerprint density at radius 2 is 1.96 bits per heavy atom. The highest BCUT2D eigenvalue weighted by molar-refractivity contribution is 5.97. The van der Waals surface area contributed by atoms with Crippen molar-refractivity contribution in [1.29, 1.82) is 0 Å². The van der Waals surface area contributed by atoms with Crippen LogP contribution in [0.15, 0.2) is 24.3 Å². The maximum absolute atomic E-state index is 12.5. The molecule has 128 valence electrons. The summed E-state index contributed by atoms with van der Waals surface area (Å²) in [5.41, 5.74) is 1.42. The third kappa shape index (κ3) is 3.05. The minimum atomic E-state index is -0.0683. The summed E-state index contributed by atoms with van der Waals surface area (Å²) in [6, 6.07) is 7.87. The second-order valence-corrected chi connectivity index (χ2v) is 7.58. The van der Waals surface area contributed by atoms with E-state index in [0.717, 1.165) is 32.1 Å². The zero-order chi connectivity index (χ0) is 16.6. The number of fused-ring (bicyclic) bond motifs is 2. The van der Waals surface area contributed by atoms with Gasteiger partial charge in [0.25, 0.3) is 5.91 Å². The van der Waals surface area contributed by atoms with E-state index in [1.165, 1.54) is 12.8 Å². The molecule has 2 bridgehead atoms. The van der Waals surface area contributed by atoms with Gasteiger partial charge in [0.1, 0.15) is 0 Å². The predicted molar refractivity (Wildman–Crippen MR) is 92.9 cm³/mol. The lowest BCUT2D eigenvalue weighted by Gasteiger charge is -2.26. The summed E-state index contributed by atoms with van der Waals surface area (Å²) in [4.78, 5) is 24.5. The van der Waals surface area contributed by atoms with E-state index in [2.05, 4.69) is 16.0 Å². The molecule has 2 saturated heterocycles. The quantitative estimate of drug-likeness (QED) is 0.778. The Bertz CT molecular complexity index is 646. The zero-order valence-corrected chi connectivity index (χ0v) is 13.9. The molecular weight excluding hydrogens is 302 g/mol. The van der Waals surface area contributed by atoms with E-state index in [1.807, 2.05) is 12.1 Å². The second-order valence-electron chi connectivity index (χ2n) is 7.58. The second kappa shape index (κ2) is 6.20. The minimum absolute atomic E-state index is 0.0683. The molecule has 4 rings (SSSR count). The number of carbonyl (C=O) groups is 2. The summed E-state index contributed by atoms with van der Waals surface area (Å²) in [6.07, 6.45) is 7.82. The summed E-state index contributed by atoms with van der Waals surface area (Å²) in [5.74, 6) is 0.149. The number of carbonyl (C=O) groups excluding carboxylic acids is 2. The fraction of sp³-hybridized carbons (Fsp3) is 0.579. The van der Waals surface area contributed by atoms with Gasteiger partial charge in [-0.1, -0.05) is 12.5 Å². The van der Waals surface area contributed by atoms with Crippen LogP contribution in [0.3, 0.4) is 0 Å². The fourth-order valence-corrected chi connectivity index (χ4v) is 4.12. The predicted octanol–water partition coefficient (Wildman–Crippen LogP) is 2.44. The van der Waals surface area contributed by atoms with Crippen molar-refractivity contribution in [2.45, 2.75) is 56.5 Å².